The van der Waals surface area contributed by atoms with E-state index in [1.807, 2.05) is 17.2 Å². The fourth-order valence-electron chi connectivity index (χ4n) is 8.22. The maximum absolute atomic E-state index is 12.3. The summed E-state index contributed by atoms with van der Waals surface area (Å²) in [7, 11) is 0. The van der Waals surface area contributed by atoms with Crippen LogP contribution in [0.15, 0.2) is 24.9 Å². The summed E-state index contributed by atoms with van der Waals surface area (Å²) in [5, 5.41) is 25.3. The van der Waals surface area contributed by atoms with Gasteiger partial charge in [0, 0.05) is 72.9 Å². The van der Waals surface area contributed by atoms with Crippen LogP contribution in [0, 0.1) is 18.8 Å². The van der Waals surface area contributed by atoms with Crippen molar-refractivity contribution in [2.45, 2.75) is 70.1 Å². The number of aromatic nitrogens is 4. The van der Waals surface area contributed by atoms with Crippen LogP contribution in [-0.4, -0.2) is 91.2 Å². The Bertz CT molecular complexity index is 1590. The van der Waals surface area contributed by atoms with Crippen molar-refractivity contribution in [2.75, 3.05) is 44.2 Å². The van der Waals surface area contributed by atoms with E-state index in [4.69, 9.17) is 28.3 Å². The second-order valence-electron chi connectivity index (χ2n) is 13.9. The number of anilines is 1. The molecule has 2 aromatic heterocycles. The summed E-state index contributed by atoms with van der Waals surface area (Å²) in [5.74, 6) is 1.93. The quantitative estimate of drug-likeness (QED) is 0.354. The van der Waals surface area contributed by atoms with Gasteiger partial charge in [0.2, 0.25) is 5.91 Å². The molecule has 2 unspecified atom stereocenters. The lowest BCUT2D eigenvalue weighted by Crippen LogP contribution is -2.52. The lowest BCUT2D eigenvalue weighted by atomic mass is 9.82. The Kier molecular flexibility index (Phi) is 7.12. The van der Waals surface area contributed by atoms with E-state index in [0.29, 0.717) is 35.0 Å². The molecule has 0 bridgehead atoms. The largest absolute Gasteiger partial charge is 0.388 e. The first kappa shape index (κ1) is 29.1. The van der Waals surface area contributed by atoms with Gasteiger partial charge in [0.25, 0.3) is 0 Å². The zero-order valence-corrected chi connectivity index (χ0v) is 26.8. The minimum Gasteiger partial charge on any atom is -0.388 e. The molecule has 1 aliphatic carbocycles. The van der Waals surface area contributed by atoms with E-state index in [9.17, 15) is 9.90 Å². The molecule has 9 nitrogen and oxygen atoms in total. The van der Waals surface area contributed by atoms with Crippen LogP contribution in [-0.2, 0) is 4.79 Å². The second kappa shape index (κ2) is 10.5. The van der Waals surface area contributed by atoms with Crippen LogP contribution in [0.2, 0.25) is 10.0 Å². The fraction of sp³-hybridized carbons (Fsp3) is 0.594. The number of piperidine rings is 3. The van der Waals surface area contributed by atoms with Crippen LogP contribution < -0.4 is 4.90 Å². The molecule has 2 N–H and O–H groups in total. The number of hydrogen-bond donors (Lipinski definition) is 2. The molecule has 1 amide bonds. The predicted octanol–water partition coefficient (Wildman–Crippen LogP) is 5.45. The predicted molar refractivity (Wildman–Crippen MR) is 171 cm³/mol. The van der Waals surface area contributed by atoms with Crippen molar-refractivity contribution >= 4 is 45.8 Å². The van der Waals surface area contributed by atoms with Gasteiger partial charge in [-0.15, -0.1) is 0 Å². The maximum Gasteiger partial charge on any atom is 0.245 e. The molecule has 4 fully saturated rings. The average Bonchev–Trinajstić information content (AvgIpc) is 3.29. The molecule has 0 radical (unpaired) electrons. The minimum absolute atomic E-state index is 0.0187. The summed E-state index contributed by atoms with van der Waals surface area (Å²) < 4.78 is 2.17. The molecule has 3 atom stereocenters. The lowest BCUT2D eigenvalue weighted by Gasteiger charge is -2.47. The van der Waals surface area contributed by atoms with Crippen molar-refractivity contribution in [3.05, 3.63) is 40.7 Å². The zero-order chi connectivity index (χ0) is 30.3. The molecule has 5 heterocycles. The number of H-pyrrole nitrogens is 1. The van der Waals surface area contributed by atoms with Crippen LogP contribution in [0.5, 0.6) is 0 Å². The van der Waals surface area contributed by atoms with Crippen molar-refractivity contribution in [3.8, 4) is 11.1 Å². The molecular weight excluding hydrogens is 585 g/mol. The van der Waals surface area contributed by atoms with E-state index in [1.165, 1.54) is 6.08 Å². The van der Waals surface area contributed by atoms with E-state index < -0.39 is 5.60 Å². The second-order valence-corrected chi connectivity index (χ2v) is 14.7. The first-order valence-corrected chi connectivity index (χ1v) is 16.3. The number of rotatable bonds is 6. The van der Waals surface area contributed by atoms with Crippen molar-refractivity contribution < 1.29 is 9.90 Å². The number of β-amino-alcohol motifs (C(OH)–C–C–N with tert-alkyl or cyclic N) is 1. The van der Waals surface area contributed by atoms with E-state index in [2.05, 4.69) is 52.0 Å². The van der Waals surface area contributed by atoms with Gasteiger partial charge in [-0.2, -0.15) is 10.2 Å². The summed E-state index contributed by atoms with van der Waals surface area (Å²) in [6.45, 7) is 15.5. The third kappa shape index (κ3) is 4.96. The van der Waals surface area contributed by atoms with E-state index in [1.54, 1.807) is 0 Å². The van der Waals surface area contributed by atoms with Gasteiger partial charge in [0.05, 0.1) is 33.4 Å². The normalized spacial score (nSPS) is 27.6. The van der Waals surface area contributed by atoms with Crippen molar-refractivity contribution in [2.24, 2.45) is 11.8 Å². The van der Waals surface area contributed by atoms with Gasteiger partial charge in [-0.05, 0) is 70.9 Å². The molecule has 3 aromatic rings. The molecular formula is C32H41Cl2N7O2. The molecule has 7 rings (SSSR count). The van der Waals surface area contributed by atoms with Gasteiger partial charge in [-0.25, -0.2) is 0 Å². The van der Waals surface area contributed by atoms with Crippen LogP contribution in [0.4, 0.5) is 5.82 Å². The summed E-state index contributed by atoms with van der Waals surface area (Å²) in [6, 6.07) is 1.99. The number of carbonyl (C=O) groups is 1. The number of aromatic amines is 1. The number of likely N-dealkylation sites (tertiary alicyclic amines) is 2. The van der Waals surface area contributed by atoms with Crippen LogP contribution in [0.25, 0.3) is 22.0 Å². The highest BCUT2D eigenvalue weighted by atomic mass is 35.5. The number of benzene rings is 1. The first-order valence-electron chi connectivity index (χ1n) is 15.5. The fourth-order valence-corrected chi connectivity index (χ4v) is 8.68. The number of hydrogen-bond acceptors (Lipinski definition) is 6. The summed E-state index contributed by atoms with van der Waals surface area (Å²) in [4.78, 5) is 19.1. The lowest BCUT2D eigenvalue weighted by molar-refractivity contribution is -0.127. The van der Waals surface area contributed by atoms with Gasteiger partial charge in [-0.3, -0.25) is 19.5 Å². The average molecular weight is 627 g/mol. The van der Waals surface area contributed by atoms with Gasteiger partial charge in [0.1, 0.15) is 0 Å². The Hall–Kier alpha value is -2.59. The zero-order valence-electron chi connectivity index (χ0n) is 25.2. The highest BCUT2D eigenvalue weighted by molar-refractivity contribution is 6.45. The number of fused-ring (bicyclic) bond motifs is 2. The number of halogens is 2. The molecule has 3 aliphatic heterocycles. The standard InChI is InChI=1S/C32H41Cl2N7O2/c1-5-26(42)39-9-7-22(8-10-39)41-19(2)27(28-23-15-35-36-25(23)12-24(33)29(28)34)30(37-41)40-11-6-20(13-31(40,3)4)16-38-17-21-14-32(21,43)18-38/h5,12,15,20-22,43H,1,6-11,13-14,16-18H2,2-4H3,(H,35,36)/t20-,21?,32?/m1/s1. The monoisotopic (exact) mass is 625 g/mol. The summed E-state index contributed by atoms with van der Waals surface area (Å²) in [5.41, 5.74) is 3.16. The van der Waals surface area contributed by atoms with Gasteiger partial charge in [-0.1, -0.05) is 29.8 Å². The molecule has 1 saturated carbocycles. The minimum atomic E-state index is -0.417. The van der Waals surface area contributed by atoms with Crippen molar-refractivity contribution in [3.63, 3.8) is 0 Å². The van der Waals surface area contributed by atoms with Gasteiger partial charge < -0.3 is 14.9 Å². The maximum atomic E-state index is 12.3. The summed E-state index contributed by atoms with van der Waals surface area (Å²) in [6.07, 6.45) is 7.91. The van der Waals surface area contributed by atoms with Crippen LogP contribution in [0.1, 0.15) is 57.7 Å². The summed E-state index contributed by atoms with van der Waals surface area (Å²) >= 11 is 13.7. The van der Waals surface area contributed by atoms with E-state index in [0.717, 1.165) is 91.8 Å². The van der Waals surface area contributed by atoms with Crippen LogP contribution >= 0.6 is 23.2 Å². The highest BCUT2D eigenvalue weighted by Crippen LogP contribution is 2.51. The Morgan fingerprint density at radius 1 is 1.19 bits per heavy atom. The molecule has 4 aliphatic rings. The van der Waals surface area contributed by atoms with E-state index in [-0.39, 0.29) is 17.5 Å². The first-order chi connectivity index (χ1) is 20.5. The Morgan fingerprint density at radius 2 is 1.95 bits per heavy atom. The van der Waals surface area contributed by atoms with Crippen LogP contribution in [0.3, 0.4) is 0 Å². The SMILES string of the molecule is C=CC(=O)N1CCC(n2nc(N3CC[C@@H](CN4CC5CC5(O)C4)CC3(C)C)c(-c3c(Cl)c(Cl)cc4[nH]ncc34)c2C)CC1. The third-order valence-electron chi connectivity index (χ3n) is 10.5. The number of carbonyl (C=O) groups excluding carboxylic acids is 1. The van der Waals surface area contributed by atoms with E-state index >= 15 is 0 Å². The van der Waals surface area contributed by atoms with Crippen molar-refractivity contribution in [1.82, 2.24) is 29.8 Å². The Balaban J connectivity index is 1.24. The smallest absolute Gasteiger partial charge is 0.245 e. The molecule has 43 heavy (non-hydrogen) atoms. The molecule has 0 spiro atoms. The number of amides is 1. The molecule has 1 aromatic carbocycles. The van der Waals surface area contributed by atoms with Gasteiger partial charge >= 0.3 is 0 Å². The number of aliphatic hydroxyl groups is 1. The Labute approximate surface area is 262 Å². The van der Waals surface area contributed by atoms with Crippen molar-refractivity contribution in [1.29, 1.82) is 0 Å². The highest BCUT2D eigenvalue weighted by Gasteiger charge is 2.59. The third-order valence-corrected chi connectivity index (χ3v) is 11.3. The molecule has 230 valence electrons. The topological polar surface area (TPSA) is 93.5 Å². The molecule has 3 saturated heterocycles. The number of nitrogens with zero attached hydrogens (tertiary/aromatic N) is 6. The van der Waals surface area contributed by atoms with Gasteiger partial charge in [0.15, 0.2) is 5.82 Å². The Morgan fingerprint density at radius 3 is 2.63 bits per heavy atom. The number of nitrogens with one attached hydrogen (secondary N) is 1. The molecule has 11 heteroatoms.